The van der Waals surface area contributed by atoms with Crippen LogP contribution < -0.4 is 10.7 Å². The van der Waals surface area contributed by atoms with E-state index in [2.05, 4.69) is 23.2 Å². The maximum absolute atomic E-state index is 12.8. The summed E-state index contributed by atoms with van der Waals surface area (Å²) in [7, 11) is 0. The van der Waals surface area contributed by atoms with E-state index in [1.54, 1.807) is 6.92 Å². The quantitative estimate of drug-likeness (QED) is 0.689. The Labute approximate surface area is 133 Å². The Bertz CT molecular complexity index is 714. The van der Waals surface area contributed by atoms with Gasteiger partial charge in [-0.3, -0.25) is 4.79 Å². The average Bonchev–Trinajstić information content (AvgIpc) is 2.99. The molecule has 0 aliphatic carbocycles. The van der Waals surface area contributed by atoms with Gasteiger partial charge in [0.1, 0.15) is 5.82 Å². The predicted octanol–water partition coefficient (Wildman–Crippen LogP) is 1.76. The summed E-state index contributed by atoms with van der Waals surface area (Å²) >= 11 is 1.34. The summed E-state index contributed by atoms with van der Waals surface area (Å²) in [5.41, 5.74) is 2.23. The van der Waals surface area contributed by atoms with Crippen LogP contribution in [0.15, 0.2) is 29.4 Å². The number of fused-ring (bicyclic) bond motifs is 1. The Morgan fingerprint density at radius 3 is 2.82 bits per heavy atom. The van der Waals surface area contributed by atoms with Gasteiger partial charge in [-0.25, -0.2) is 4.68 Å². The first-order chi connectivity index (χ1) is 10.5. The van der Waals surface area contributed by atoms with Crippen LogP contribution in [0.4, 0.5) is 5.69 Å². The van der Waals surface area contributed by atoms with Crippen LogP contribution in [0.25, 0.3) is 0 Å². The van der Waals surface area contributed by atoms with Gasteiger partial charge in [-0.2, -0.15) is 0 Å². The summed E-state index contributed by atoms with van der Waals surface area (Å²) in [6.07, 6.45) is 0.894. The number of benzene rings is 1. The van der Waals surface area contributed by atoms with Crippen LogP contribution in [0.1, 0.15) is 25.2 Å². The van der Waals surface area contributed by atoms with Crippen LogP contribution in [-0.2, 0) is 11.2 Å². The maximum Gasteiger partial charge on any atom is 0.240 e. The van der Waals surface area contributed by atoms with Gasteiger partial charge in [-0.05, 0) is 38.8 Å². The van der Waals surface area contributed by atoms with E-state index in [1.165, 1.54) is 22.0 Å². The molecule has 1 aromatic heterocycles. The highest BCUT2D eigenvalue weighted by Gasteiger charge is 2.33. The smallest absolute Gasteiger partial charge is 0.240 e. The Morgan fingerprint density at radius 1 is 1.41 bits per heavy atom. The van der Waals surface area contributed by atoms with E-state index in [0.717, 1.165) is 12.1 Å². The average molecular weight is 317 g/mol. The Kier molecular flexibility index (Phi) is 3.82. The van der Waals surface area contributed by atoms with Crippen molar-refractivity contribution < 1.29 is 4.79 Å². The molecule has 6 nitrogen and oxygen atoms in total. The first-order valence-corrected chi connectivity index (χ1v) is 8.11. The van der Waals surface area contributed by atoms with Gasteiger partial charge in [-0.15, -0.1) is 10.2 Å². The molecular formula is C15H19N5OS. The van der Waals surface area contributed by atoms with E-state index >= 15 is 0 Å². The monoisotopic (exact) mass is 317 g/mol. The highest BCUT2D eigenvalue weighted by atomic mass is 32.2. The van der Waals surface area contributed by atoms with Crippen LogP contribution in [-0.4, -0.2) is 32.1 Å². The number of aryl methyl sites for hydroxylation is 1. The van der Waals surface area contributed by atoms with E-state index in [-0.39, 0.29) is 17.2 Å². The van der Waals surface area contributed by atoms with Gasteiger partial charge in [0.2, 0.25) is 11.1 Å². The highest BCUT2D eigenvalue weighted by molar-refractivity contribution is 8.00. The number of rotatable bonds is 3. The largest absolute Gasteiger partial charge is 0.336 e. The standard InChI is InChI=1S/C15H19N5OS/c1-9-8-12-6-4-5-7-13(12)19(9)14(21)10(2)22-15-18-17-11(3)20(15)16/h4-7,9-10H,8,16H2,1-3H3/t9-,10+/m1/s1. The fourth-order valence-corrected chi connectivity index (χ4v) is 3.60. The SMILES string of the molecule is Cc1nnc(S[C@@H](C)C(=O)N2c3ccccc3C[C@H]2C)n1N. The molecule has 0 unspecified atom stereocenters. The second-order valence-corrected chi connectivity index (χ2v) is 6.86. The summed E-state index contributed by atoms with van der Waals surface area (Å²) in [6.45, 7) is 5.73. The molecule has 22 heavy (non-hydrogen) atoms. The van der Waals surface area contributed by atoms with Gasteiger partial charge in [0.05, 0.1) is 5.25 Å². The van der Waals surface area contributed by atoms with Crippen molar-refractivity contribution in [3.8, 4) is 0 Å². The van der Waals surface area contributed by atoms with E-state index in [4.69, 9.17) is 5.84 Å². The Hall–Kier alpha value is -2.02. The van der Waals surface area contributed by atoms with E-state index in [1.807, 2.05) is 30.0 Å². The van der Waals surface area contributed by atoms with Crippen molar-refractivity contribution in [2.45, 2.75) is 43.6 Å². The molecule has 2 aromatic rings. The number of anilines is 1. The van der Waals surface area contributed by atoms with Crippen molar-refractivity contribution in [1.29, 1.82) is 0 Å². The van der Waals surface area contributed by atoms with Crippen LogP contribution >= 0.6 is 11.8 Å². The fraction of sp³-hybridized carbons (Fsp3) is 0.400. The zero-order valence-corrected chi connectivity index (χ0v) is 13.7. The summed E-state index contributed by atoms with van der Waals surface area (Å²) in [5, 5.41) is 8.20. The maximum atomic E-state index is 12.8. The first-order valence-electron chi connectivity index (χ1n) is 7.23. The molecule has 2 atom stereocenters. The first kappa shape index (κ1) is 14.9. The lowest BCUT2D eigenvalue weighted by molar-refractivity contribution is -0.118. The number of carbonyl (C=O) groups is 1. The number of hydrogen-bond donors (Lipinski definition) is 1. The van der Waals surface area contributed by atoms with Gasteiger partial charge < -0.3 is 10.7 Å². The van der Waals surface area contributed by atoms with Gasteiger partial charge >= 0.3 is 0 Å². The second kappa shape index (κ2) is 5.64. The van der Waals surface area contributed by atoms with E-state index in [0.29, 0.717) is 11.0 Å². The van der Waals surface area contributed by atoms with Crippen LogP contribution in [0.3, 0.4) is 0 Å². The molecule has 0 radical (unpaired) electrons. The van der Waals surface area contributed by atoms with Gasteiger partial charge in [-0.1, -0.05) is 30.0 Å². The molecule has 0 saturated heterocycles. The number of nitrogen functional groups attached to an aromatic ring is 1. The minimum absolute atomic E-state index is 0.0723. The summed E-state index contributed by atoms with van der Waals surface area (Å²) in [6, 6.07) is 8.23. The number of carbonyl (C=O) groups excluding carboxylic acids is 1. The topological polar surface area (TPSA) is 77.0 Å². The van der Waals surface area contributed by atoms with Crippen molar-refractivity contribution in [2.24, 2.45) is 0 Å². The number of nitrogens with two attached hydrogens (primary N) is 1. The zero-order valence-electron chi connectivity index (χ0n) is 12.9. The van der Waals surface area contributed by atoms with Crippen molar-refractivity contribution in [3.63, 3.8) is 0 Å². The number of hydrogen-bond acceptors (Lipinski definition) is 5. The third-order valence-corrected chi connectivity index (χ3v) is 4.95. The number of para-hydroxylation sites is 1. The fourth-order valence-electron chi connectivity index (χ4n) is 2.74. The Balaban J connectivity index is 1.80. The van der Waals surface area contributed by atoms with E-state index < -0.39 is 0 Å². The summed E-state index contributed by atoms with van der Waals surface area (Å²) < 4.78 is 1.41. The molecule has 2 heterocycles. The lowest BCUT2D eigenvalue weighted by atomic mass is 10.1. The normalized spacial score (nSPS) is 18.3. The summed E-state index contributed by atoms with van der Waals surface area (Å²) in [5.74, 6) is 6.55. The number of thioether (sulfide) groups is 1. The molecule has 0 spiro atoms. The molecule has 2 N–H and O–H groups in total. The van der Waals surface area contributed by atoms with Gasteiger partial charge in [0.25, 0.3) is 0 Å². The lowest BCUT2D eigenvalue weighted by Crippen LogP contribution is -2.40. The van der Waals surface area contributed by atoms with Gasteiger partial charge in [0, 0.05) is 11.7 Å². The third-order valence-electron chi connectivity index (χ3n) is 3.91. The van der Waals surface area contributed by atoms with Crippen molar-refractivity contribution in [2.75, 3.05) is 10.7 Å². The number of amides is 1. The molecule has 0 bridgehead atoms. The van der Waals surface area contributed by atoms with Crippen molar-refractivity contribution in [3.05, 3.63) is 35.7 Å². The molecular weight excluding hydrogens is 298 g/mol. The van der Waals surface area contributed by atoms with Crippen LogP contribution in [0.5, 0.6) is 0 Å². The van der Waals surface area contributed by atoms with Crippen LogP contribution in [0, 0.1) is 6.92 Å². The second-order valence-electron chi connectivity index (χ2n) is 5.55. The van der Waals surface area contributed by atoms with Crippen molar-refractivity contribution >= 4 is 23.4 Å². The Morgan fingerprint density at radius 2 is 2.14 bits per heavy atom. The minimum atomic E-state index is -0.278. The number of nitrogens with zero attached hydrogens (tertiary/aromatic N) is 4. The van der Waals surface area contributed by atoms with Crippen molar-refractivity contribution in [1.82, 2.24) is 14.9 Å². The molecule has 1 amide bonds. The minimum Gasteiger partial charge on any atom is -0.336 e. The molecule has 3 rings (SSSR count). The molecule has 1 aromatic carbocycles. The number of aromatic nitrogens is 3. The third kappa shape index (κ3) is 2.45. The lowest BCUT2D eigenvalue weighted by Gasteiger charge is -2.25. The van der Waals surface area contributed by atoms with E-state index in [9.17, 15) is 4.79 Å². The summed E-state index contributed by atoms with van der Waals surface area (Å²) in [4.78, 5) is 14.7. The molecule has 1 aliphatic heterocycles. The molecule has 0 saturated carbocycles. The highest BCUT2D eigenvalue weighted by Crippen LogP contribution is 2.34. The molecule has 116 valence electrons. The molecule has 1 aliphatic rings. The molecule has 7 heteroatoms. The molecule has 0 fully saturated rings. The van der Waals surface area contributed by atoms with Crippen LogP contribution in [0.2, 0.25) is 0 Å². The predicted molar refractivity (Wildman–Crippen MR) is 87.3 cm³/mol. The van der Waals surface area contributed by atoms with Gasteiger partial charge in [0.15, 0.2) is 0 Å². The zero-order chi connectivity index (χ0) is 15.9.